The lowest BCUT2D eigenvalue weighted by Gasteiger charge is -2.51. The molecule has 2 rings (SSSR count). The van der Waals surface area contributed by atoms with Gasteiger partial charge in [-0.25, -0.2) is 0 Å². The van der Waals surface area contributed by atoms with E-state index in [1.54, 1.807) is 6.92 Å². The molecule has 2 saturated carbocycles. The van der Waals surface area contributed by atoms with Crippen LogP contribution < -0.4 is 0 Å². The summed E-state index contributed by atoms with van der Waals surface area (Å²) in [5, 5.41) is 0. The van der Waals surface area contributed by atoms with Crippen molar-refractivity contribution in [2.45, 2.75) is 64.9 Å². The third-order valence-electron chi connectivity index (χ3n) is 4.88. The van der Waals surface area contributed by atoms with E-state index in [1.165, 1.54) is 32.1 Å². The van der Waals surface area contributed by atoms with Crippen molar-refractivity contribution in [1.82, 2.24) is 0 Å². The van der Waals surface area contributed by atoms with Crippen LogP contribution >= 0.6 is 0 Å². The van der Waals surface area contributed by atoms with E-state index < -0.39 is 0 Å². The highest BCUT2D eigenvalue weighted by molar-refractivity contribution is 5.66. The highest BCUT2D eigenvalue weighted by Gasteiger charge is 2.49. The van der Waals surface area contributed by atoms with Crippen molar-refractivity contribution in [2.75, 3.05) is 0 Å². The average Bonchev–Trinajstić information content (AvgIpc) is 2.23. The standard InChI is InChI=1S/C14H24O2/c1-4-12-8-11-6-5-7-13(9-11)14(12,3)16-10(2)15/h11-13H,4-9H2,1-3H3. The number of carbonyl (C=O) groups is 1. The van der Waals surface area contributed by atoms with Crippen LogP contribution in [-0.4, -0.2) is 11.6 Å². The number of ether oxygens (including phenoxy) is 1. The van der Waals surface area contributed by atoms with Crippen LogP contribution in [0.5, 0.6) is 0 Å². The normalized spacial score (nSPS) is 42.8. The van der Waals surface area contributed by atoms with Gasteiger partial charge in [0.2, 0.25) is 0 Å². The predicted molar refractivity (Wildman–Crippen MR) is 64.0 cm³/mol. The molecule has 0 heterocycles. The topological polar surface area (TPSA) is 26.3 Å². The van der Waals surface area contributed by atoms with Crippen molar-refractivity contribution in [3.05, 3.63) is 0 Å². The molecule has 2 bridgehead atoms. The van der Waals surface area contributed by atoms with E-state index >= 15 is 0 Å². The summed E-state index contributed by atoms with van der Waals surface area (Å²) in [7, 11) is 0. The van der Waals surface area contributed by atoms with Gasteiger partial charge in [-0.2, -0.15) is 0 Å². The Morgan fingerprint density at radius 3 is 2.75 bits per heavy atom. The Morgan fingerprint density at radius 2 is 2.12 bits per heavy atom. The summed E-state index contributed by atoms with van der Waals surface area (Å²) >= 11 is 0. The van der Waals surface area contributed by atoms with E-state index in [0.717, 1.165) is 12.3 Å². The first-order chi connectivity index (χ1) is 7.56. The monoisotopic (exact) mass is 224 g/mol. The SMILES string of the molecule is CCC1CC2CCCC(C2)C1(C)OC(C)=O. The summed E-state index contributed by atoms with van der Waals surface area (Å²) in [5.74, 6) is 1.96. The lowest BCUT2D eigenvalue weighted by molar-refractivity contribution is -0.182. The van der Waals surface area contributed by atoms with Crippen molar-refractivity contribution in [1.29, 1.82) is 0 Å². The molecular formula is C14H24O2. The second-order valence-corrected chi connectivity index (χ2v) is 5.85. The summed E-state index contributed by atoms with van der Waals surface area (Å²) < 4.78 is 5.73. The van der Waals surface area contributed by atoms with Crippen molar-refractivity contribution in [2.24, 2.45) is 17.8 Å². The number of hydrogen-bond acceptors (Lipinski definition) is 2. The number of carbonyl (C=O) groups excluding carboxylic acids is 1. The number of rotatable bonds is 2. The Bertz CT molecular complexity index is 270. The van der Waals surface area contributed by atoms with E-state index in [9.17, 15) is 4.79 Å². The van der Waals surface area contributed by atoms with Crippen LogP contribution in [0.15, 0.2) is 0 Å². The highest BCUT2D eigenvalue weighted by Crippen LogP contribution is 2.51. The van der Waals surface area contributed by atoms with Crippen LogP contribution in [0.25, 0.3) is 0 Å². The Kier molecular flexibility index (Phi) is 3.27. The Morgan fingerprint density at radius 1 is 1.38 bits per heavy atom. The van der Waals surface area contributed by atoms with Gasteiger partial charge in [0.25, 0.3) is 0 Å². The fraction of sp³-hybridized carbons (Fsp3) is 0.929. The van der Waals surface area contributed by atoms with Crippen LogP contribution in [0.1, 0.15) is 59.3 Å². The van der Waals surface area contributed by atoms with Crippen molar-refractivity contribution in [3.8, 4) is 0 Å². The van der Waals surface area contributed by atoms with Crippen LogP contribution in [-0.2, 0) is 9.53 Å². The Labute approximate surface area is 98.7 Å². The van der Waals surface area contributed by atoms with E-state index in [1.807, 2.05) is 0 Å². The molecule has 0 spiro atoms. The van der Waals surface area contributed by atoms with E-state index in [0.29, 0.717) is 11.8 Å². The second-order valence-electron chi connectivity index (χ2n) is 5.85. The maximum absolute atomic E-state index is 11.3. The third-order valence-corrected chi connectivity index (χ3v) is 4.88. The van der Waals surface area contributed by atoms with Gasteiger partial charge in [-0.15, -0.1) is 0 Å². The van der Waals surface area contributed by atoms with Crippen LogP contribution in [0.3, 0.4) is 0 Å². The zero-order valence-corrected chi connectivity index (χ0v) is 10.8. The third kappa shape index (κ3) is 1.99. The molecule has 2 nitrogen and oxygen atoms in total. The molecule has 0 radical (unpaired) electrons. The molecule has 0 aromatic heterocycles. The first kappa shape index (κ1) is 11.9. The first-order valence-corrected chi connectivity index (χ1v) is 6.75. The van der Waals surface area contributed by atoms with Crippen LogP contribution in [0.2, 0.25) is 0 Å². The molecule has 0 saturated heterocycles. The van der Waals surface area contributed by atoms with E-state index in [-0.39, 0.29) is 11.6 Å². The number of esters is 1. The van der Waals surface area contributed by atoms with Crippen LogP contribution in [0, 0.1) is 17.8 Å². The molecule has 0 amide bonds. The molecule has 2 aliphatic carbocycles. The van der Waals surface area contributed by atoms with Gasteiger partial charge in [0.1, 0.15) is 5.60 Å². The zero-order valence-electron chi connectivity index (χ0n) is 10.8. The fourth-order valence-corrected chi connectivity index (χ4v) is 4.04. The lowest BCUT2D eigenvalue weighted by Crippen LogP contribution is -2.51. The van der Waals surface area contributed by atoms with Crippen molar-refractivity contribution in [3.63, 3.8) is 0 Å². The van der Waals surface area contributed by atoms with Crippen LogP contribution in [0.4, 0.5) is 0 Å². The highest BCUT2D eigenvalue weighted by atomic mass is 16.6. The van der Waals surface area contributed by atoms with Gasteiger partial charge in [-0.3, -0.25) is 4.79 Å². The molecule has 0 N–H and O–H groups in total. The molecule has 4 unspecified atom stereocenters. The van der Waals surface area contributed by atoms with E-state index in [2.05, 4.69) is 13.8 Å². The Balaban J connectivity index is 2.20. The summed E-state index contributed by atoms with van der Waals surface area (Å²) in [6.45, 7) is 5.95. The van der Waals surface area contributed by atoms with Gasteiger partial charge in [-0.05, 0) is 50.4 Å². The molecule has 0 aromatic rings. The summed E-state index contributed by atoms with van der Waals surface area (Å²) in [5.41, 5.74) is -0.183. The summed E-state index contributed by atoms with van der Waals surface area (Å²) in [6, 6.07) is 0. The molecule has 2 aliphatic rings. The average molecular weight is 224 g/mol. The Hall–Kier alpha value is -0.530. The smallest absolute Gasteiger partial charge is 0.303 e. The molecule has 16 heavy (non-hydrogen) atoms. The maximum atomic E-state index is 11.3. The minimum Gasteiger partial charge on any atom is -0.459 e. The molecule has 4 atom stereocenters. The molecular weight excluding hydrogens is 200 g/mol. The van der Waals surface area contributed by atoms with Gasteiger partial charge in [-0.1, -0.05) is 19.8 Å². The minimum absolute atomic E-state index is 0.107. The fourth-order valence-electron chi connectivity index (χ4n) is 4.04. The van der Waals surface area contributed by atoms with Crippen molar-refractivity contribution < 1.29 is 9.53 Å². The maximum Gasteiger partial charge on any atom is 0.303 e. The minimum atomic E-state index is -0.183. The second kappa shape index (κ2) is 4.38. The lowest BCUT2D eigenvalue weighted by atomic mass is 9.59. The van der Waals surface area contributed by atoms with Gasteiger partial charge >= 0.3 is 5.97 Å². The van der Waals surface area contributed by atoms with Crippen molar-refractivity contribution >= 4 is 5.97 Å². The molecule has 2 heteroatoms. The number of fused-ring (bicyclic) bond motifs is 2. The molecule has 0 aliphatic heterocycles. The van der Waals surface area contributed by atoms with E-state index in [4.69, 9.17) is 4.74 Å². The molecule has 92 valence electrons. The molecule has 0 aromatic carbocycles. The van der Waals surface area contributed by atoms with Gasteiger partial charge in [0, 0.05) is 6.92 Å². The first-order valence-electron chi connectivity index (χ1n) is 6.75. The summed E-state index contributed by atoms with van der Waals surface area (Å²) in [6.07, 6.45) is 7.64. The quantitative estimate of drug-likeness (QED) is 0.671. The number of hydrogen-bond donors (Lipinski definition) is 0. The largest absolute Gasteiger partial charge is 0.459 e. The predicted octanol–water partition coefficient (Wildman–Crippen LogP) is 3.54. The van der Waals surface area contributed by atoms with Gasteiger partial charge in [0.15, 0.2) is 0 Å². The van der Waals surface area contributed by atoms with Gasteiger partial charge in [0.05, 0.1) is 0 Å². The van der Waals surface area contributed by atoms with Gasteiger partial charge < -0.3 is 4.74 Å². The zero-order chi connectivity index (χ0) is 11.8. The summed E-state index contributed by atoms with van der Waals surface area (Å²) in [4.78, 5) is 11.3. The molecule has 2 fully saturated rings.